The Labute approximate surface area is 130 Å². The molecular formula is C12H22O11. The van der Waals surface area contributed by atoms with Crippen LogP contribution in [-0.2, 0) is 9.47 Å². The van der Waals surface area contributed by atoms with E-state index in [1.54, 1.807) is 0 Å². The molecule has 2 aliphatic heterocycles. The van der Waals surface area contributed by atoms with Gasteiger partial charge in [0.25, 0.3) is 0 Å². The van der Waals surface area contributed by atoms with Gasteiger partial charge in [-0.05, 0) is 0 Å². The van der Waals surface area contributed by atoms with Crippen LogP contribution in [-0.4, -0.2) is 120 Å². The summed E-state index contributed by atoms with van der Waals surface area (Å²) in [6, 6.07) is 0. The molecule has 0 aromatic rings. The molecule has 11 nitrogen and oxygen atoms in total. The smallest absolute Gasteiger partial charge is 0.230 e. The van der Waals surface area contributed by atoms with Crippen LogP contribution in [0.5, 0.6) is 0 Å². The Hall–Kier alpha value is -0.440. The quantitative estimate of drug-likeness (QED) is 0.235. The van der Waals surface area contributed by atoms with Crippen molar-refractivity contribution in [2.24, 2.45) is 0 Å². The van der Waals surface area contributed by atoms with E-state index in [0.29, 0.717) is 0 Å². The monoisotopic (exact) mass is 342 g/mol. The maximum atomic E-state index is 10.7. The lowest BCUT2D eigenvalue weighted by Gasteiger charge is -2.53. The van der Waals surface area contributed by atoms with E-state index >= 15 is 0 Å². The maximum Gasteiger partial charge on any atom is 0.230 e. The number of hydrogen-bond acceptors (Lipinski definition) is 11. The first-order valence-electron chi connectivity index (χ1n) is 7.01. The molecule has 2 heterocycles. The van der Waals surface area contributed by atoms with E-state index in [9.17, 15) is 35.7 Å². The maximum absolute atomic E-state index is 10.7. The van der Waals surface area contributed by atoms with Gasteiger partial charge in [0.05, 0.1) is 19.8 Å². The zero-order valence-corrected chi connectivity index (χ0v) is 12.0. The summed E-state index contributed by atoms with van der Waals surface area (Å²) >= 11 is 0. The van der Waals surface area contributed by atoms with Crippen LogP contribution in [0.15, 0.2) is 0 Å². The minimum Gasteiger partial charge on any atom is -0.394 e. The standard InChI is InChI=1S/C12H22O11/c13-1-4-6(16)8(18)10(20)12(21,23-4)11(3-15)9(19)7(17)5(2-14)22-11/h4-10,13-21H,1-3H2/t4-,5-,6-,7-,8+,9+,10-,11+,12-/m1/s1. The third kappa shape index (κ3) is 2.49. The summed E-state index contributed by atoms with van der Waals surface area (Å²) in [5, 5.41) is 88.2. The van der Waals surface area contributed by atoms with Gasteiger partial charge in [-0.3, -0.25) is 0 Å². The van der Waals surface area contributed by atoms with Crippen LogP contribution in [0.2, 0.25) is 0 Å². The summed E-state index contributed by atoms with van der Waals surface area (Å²) in [4.78, 5) is 0. The fourth-order valence-corrected chi connectivity index (χ4v) is 3.08. The number of ether oxygens (including phenoxy) is 2. The first-order valence-corrected chi connectivity index (χ1v) is 7.01. The molecule has 0 aliphatic carbocycles. The predicted octanol–water partition coefficient (Wildman–Crippen LogP) is -6.01. The summed E-state index contributed by atoms with van der Waals surface area (Å²) in [5.41, 5.74) is -2.53. The SMILES string of the molecule is OC[C@H]1O[C@](CO)([C@]2(O)O[C@H](CO)[C@@H](O)[C@H](O)[C@H]2O)[C@@H](O)[C@@H]1O. The Bertz CT molecular complexity index is 420. The molecule has 0 unspecified atom stereocenters. The second kappa shape index (κ2) is 6.46. The Morgan fingerprint density at radius 2 is 1.22 bits per heavy atom. The summed E-state index contributed by atoms with van der Waals surface area (Å²) in [5.74, 6) is -2.99. The van der Waals surface area contributed by atoms with E-state index in [-0.39, 0.29) is 0 Å². The van der Waals surface area contributed by atoms with E-state index in [1.165, 1.54) is 0 Å². The van der Waals surface area contributed by atoms with E-state index in [2.05, 4.69) is 0 Å². The van der Waals surface area contributed by atoms with Gasteiger partial charge in [-0.2, -0.15) is 0 Å². The van der Waals surface area contributed by atoms with Gasteiger partial charge in [0, 0.05) is 0 Å². The highest BCUT2D eigenvalue weighted by Crippen LogP contribution is 2.45. The zero-order valence-electron chi connectivity index (χ0n) is 12.0. The van der Waals surface area contributed by atoms with Crippen LogP contribution in [0.1, 0.15) is 0 Å². The molecule has 2 rings (SSSR count). The zero-order chi connectivity index (χ0) is 17.6. The molecule has 0 amide bonds. The lowest BCUT2D eigenvalue weighted by molar-refractivity contribution is -0.415. The molecule has 23 heavy (non-hydrogen) atoms. The van der Waals surface area contributed by atoms with Gasteiger partial charge in [0.15, 0.2) is 5.60 Å². The lowest BCUT2D eigenvalue weighted by atomic mass is 9.78. The molecule has 0 radical (unpaired) electrons. The number of rotatable bonds is 4. The summed E-state index contributed by atoms with van der Waals surface area (Å²) < 4.78 is 10.2. The normalized spacial score (nSPS) is 54.4. The average Bonchev–Trinajstić information content (AvgIpc) is 2.81. The fourth-order valence-electron chi connectivity index (χ4n) is 3.08. The molecule has 0 spiro atoms. The summed E-state index contributed by atoms with van der Waals surface area (Å²) in [6.07, 6.45) is -12.7. The molecule has 0 aromatic carbocycles. The molecule has 0 aromatic heterocycles. The van der Waals surface area contributed by atoms with Crippen molar-refractivity contribution in [2.45, 2.75) is 54.1 Å². The second-order valence-corrected chi connectivity index (χ2v) is 5.78. The van der Waals surface area contributed by atoms with Crippen molar-refractivity contribution in [3.05, 3.63) is 0 Å². The predicted molar refractivity (Wildman–Crippen MR) is 68.7 cm³/mol. The van der Waals surface area contributed by atoms with Crippen molar-refractivity contribution in [3.63, 3.8) is 0 Å². The first-order chi connectivity index (χ1) is 10.7. The van der Waals surface area contributed by atoms with Crippen molar-refractivity contribution < 1.29 is 55.4 Å². The van der Waals surface area contributed by atoms with E-state index in [0.717, 1.165) is 0 Å². The van der Waals surface area contributed by atoms with Crippen molar-refractivity contribution >= 4 is 0 Å². The van der Waals surface area contributed by atoms with Gasteiger partial charge >= 0.3 is 0 Å². The molecule has 9 N–H and O–H groups in total. The molecule has 11 heteroatoms. The van der Waals surface area contributed by atoms with Crippen molar-refractivity contribution in [1.82, 2.24) is 0 Å². The highest BCUT2D eigenvalue weighted by Gasteiger charge is 2.71. The average molecular weight is 342 g/mol. The summed E-state index contributed by atoms with van der Waals surface area (Å²) in [6.45, 7) is -2.81. The number of aliphatic hydroxyl groups excluding tert-OH is 8. The molecule has 2 fully saturated rings. The molecule has 2 aliphatic rings. The van der Waals surface area contributed by atoms with Gasteiger partial charge in [-0.1, -0.05) is 0 Å². The second-order valence-electron chi connectivity index (χ2n) is 5.78. The van der Waals surface area contributed by atoms with E-state index in [4.69, 9.17) is 19.7 Å². The van der Waals surface area contributed by atoms with Crippen molar-refractivity contribution in [1.29, 1.82) is 0 Å². The fraction of sp³-hybridized carbons (Fsp3) is 1.00. The lowest BCUT2D eigenvalue weighted by Crippen LogP contribution is -2.77. The molecule has 9 atom stereocenters. The van der Waals surface area contributed by atoms with Crippen LogP contribution in [0, 0.1) is 0 Å². The van der Waals surface area contributed by atoms with Gasteiger partial charge in [-0.25, -0.2) is 0 Å². The van der Waals surface area contributed by atoms with Gasteiger partial charge in [0.2, 0.25) is 5.79 Å². The van der Waals surface area contributed by atoms with Crippen LogP contribution in [0.3, 0.4) is 0 Å². The number of aliphatic hydroxyl groups is 9. The van der Waals surface area contributed by atoms with Crippen LogP contribution < -0.4 is 0 Å². The molecule has 136 valence electrons. The van der Waals surface area contributed by atoms with Gasteiger partial charge in [0.1, 0.15) is 42.7 Å². The number of hydrogen-bond donors (Lipinski definition) is 9. The van der Waals surface area contributed by atoms with Gasteiger partial charge < -0.3 is 55.4 Å². The van der Waals surface area contributed by atoms with Crippen LogP contribution in [0.4, 0.5) is 0 Å². The Balaban J connectivity index is 2.46. The topological polar surface area (TPSA) is 201 Å². The van der Waals surface area contributed by atoms with Crippen LogP contribution >= 0.6 is 0 Å². The Morgan fingerprint density at radius 3 is 1.65 bits per heavy atom. The van der Waals surface area contributed by atoms with E-state index < -0.39 is 73.9 Å². The largest absolute Gasteiger partial charge is 0.394 e. The van der Waals surface area contributed by atoms with Crippen molar-refractivity contribution in [3.8, 4) is 0 Å². The third-order valence-corrected chi connectivity index (χ3v) is 4.53. The molecular weight excluding hydrogens is 320 g/mol. The van der Waals surface area contributed by atoms with Crippen molar-refractivity contribution in [2.75, 3.05) is 19.8 Å². The minimum absolute atomic E-state index is 0.777. The minimum atomic E-state index is -2.99. The first kappa shape index (κ1) is 18.9. The van der Waals surface area contributed by atoms with Crippen LogP contribution in [0.25, 0.3) is 0 Å². The summed E-state index contributed by atoms with van der Waals surface area (Å²) in [7, 11) is 0. The third-order valence-electron chi connectivity index (χ3n) is 4.53. The Morgan fingerprint density at radius 1 is 0.696 bits per heavy atom. The molecule has 2 saturated heterocycles. The van der Waals surface area contributed by atoms with Gasteiger partial charge in [-0.15, -0.1) is 0 Å². The van der Waals surface area contributed by atoms with E-state index in [1.807, 2.05) is 0 Å². The highest BCUT2D eigenvalue weighted by molar-refractivity contribution is 5.15. The highest BCUT2D eigenvalue weighted by atomic mass is 16.7. The Kier molecular flexibility index (Phi) is 5.31. The molecule has 0 bridgehead atoms. The molecule has 0 saturated carbocycles.